The van der Waals surface area contributed by atoms with Gasteiger partial charge in [0.05, 0.1) is 18.8 Å². The number of anilines is 1. The topological polar surface area (TPSA) is 111 Å². The van der Waals surface area contributed by atoms with E-state index in [-0.39, 0.29) is 13.2 Å². The summed E-state index contributed by atoms with van der Waals surface area (Å²) in [5.74, 6) is 5.55. The molecule has 114 valence electrons. The average molecular weight is 311 g/mol. The summed E-state index contributed by atoms with van der Waals surface area (Å²) >= 11 is 0. The Morgan fingerprint density at radius 2 is 2.14 bits per heavy atom. The third kappa shape index (κ3) is 5.72. The van der Waals surface area contributed by atoms with Gasteiger partial charge in [-0.3, -0.25) is 4.72 Å². The number of aryl methyl sites for hydroxylation is 1. The van der Waals surface area contributed by atoms with Gasteiger partial charge in [-0.05, 0) is 37.6 Å². The molecule has 1 aromatic carbocycles. The lowest BCUT2D eigenvalue weighted by atomic mass is 10.1. The molecule has 0 radical (unpaired) electrons. The highest BCUT2D eigenvalue weighted by molar-refractivity contribution is 7.91. The number of carbonyl (C=O) groups excluding carboxylic acids is 1. The lowest BCUT2D eigenvalue weighted by molar-refractivity contribution is 0.159. The molecule has 0 bridgehead atoms. The van der Waals surface area contributed by atoms with Crippen LogP contribution < -0.4 is 15.2 Å². The van der Waals surface area contributed by atoms with Crippen LogP contribution in [0.3, 0.4) is 0 Å². The van der Waals surface area contributed by atoms with E-state index >= 15 is 0 Å². The van der Waals surface area contributed by atoms with Gasteiger partial charge in [-0.1, -0.05) is 11.8 Å². The molecule has 0 spiro atoms. The van der Waals surface area contributed by atoms with Crippen molar-refractivity contribution in [2.24, 2.45) is 5.73 Å². The van der Waals surface area contributed by atoms with Crippen LogP contribution in [0.15, 0.2) is 18.2 Å². The Morgan fingerprint density at radius 1 is 1.43 bits per heavy atom. The molecule has 7 nitrogen and oxygen atoms in total. The van der Waals surface area contributed by atoms with Gasteiger partial charge >= 0.3 is 16.3 Å². The molecule has 0 fully saturated rings. The fourth-order valence-electron chi connectivity index (χ4n) is 1.45. The first-order valence-corrected chi connectivity index (χ1v) is 7.63. The van der Waals surface area contributed by atoms with Gasteiger partial charge in [0.25, 0.3) is 0 Å². The molecule has 0 aliphatic carbocycles. The highest BCUT2D eigenvalue weighted by Crippen LogP contribution is 2.17. The fraction of sp³-hybridized carbons (Fsp3) is 0.308. The number of hydrogen-bond acceptors (Lipinski definition) is 5. The minimum absolute atomic E-state index is 0.0783. The van der Waals surface area contributed by atoms with Gasteiger partial charge < -0.3 is 10.5 Å². The summed E-state index contributed by atoms with van der Waals surface area (Å²) in [5.41, 5.74) is 7.00. The van der Waals surface area contributed by atoms with Crippen LogP contribution in [-0.2, 0) is 14.9 Å². The molecular weight excluding hydrogens is 294 g/mol. The minimum atomic E-state index is -4.04. The minimum Gasteiger partial charge on any atom is -0.449 e. The Morgan fingerprint density at radius 3 is 2.71 bits per heavy atom. The molecule has 0 aromatic heterocycles. The first kappa shape index (κ1) is 16.8. The monoisotopic (exact) mass is 311 g/mol. The molecule has 4 N–H and O–H groups in total. The smallest absolute Gasteiger partial charge is 0.422 e. The van der Waals surface area contributed by atoms with Crippen molar-refractivity contribution in [1.29, 1.82) is 0 Å². The second-order valence-electron chi connectivity index (χ2n) is 3.96. The molecule has 0 aliphatic rings. The van der Waals surface area contributed by atoms with Crippen molar-refractivity contribution in [2.45, 2.75) is 13.8 Å². The Kier molecular flexibility index (Phi) is 6.02. The van der Waals surface area contributed by atoms with Crippen molar-refractivity contribution < 1.29 is 17.9 Å². The molecule has 0 atom stereocenters. The molecule has 8 heteroatoms. The van der Waals surface area contributed by atoms with Crippen LogP contribution in [0.25, 0.3) is 0 Å². The quantitative estimate of drug-likeness (QED) is 0.709. The predicted molar refractivity (Wildman–Crippen MR) is 79.8 cm³/mol. The van der Waals surface area contributed by atoms with Gasteiger partial charge in [-0.2, -0.15) is 8.42 Å². The molecule has 21 heavy (non-hydrogen) atoms. The van der Waals surface area contributed by atoms with E-state index in [9.17, 15) is 13.2 Å². The average Bonchev–Trinajstić information content (AvgIpc) is 2.38. The van der Waals surface area contributed by atoms with Gasteiger partial charge in [0.15, 0.2) is 0 Å². The van der Waals surface area contributed by atoms with E-state index in [2.05, 4.69) is 21.3 Å². The second kappa shape index (κ2) is 7.52. The summed E-state index contributed by atoms with van der Waals surface area (Å²) in [6.07, 6.45) is -1.03. The van der Waals surface area contributed by atoms with Crippen molar-refractivity contribution >= 4 is 22.0 Å². The molecule has 0 saturated carbocycles. The van der Waals surface area contributed by atoms with E-state index in [1.54, 1.807) is 36.8 Å². The van der Waals surface area contributed by atoms with Gasteiger partial charge in [-0.15, -0.1) is 0 Å². The summed E-state index contributed by atoms with van der Waals surface area (Å²) in [6.45, 7) is 3.62. The van der Waals surface area contributed by atoms with Gasteiger partial charge in [0.2, 0.25) is 0 Å². The molecular formula is C13H17N3O4S. The zero-order valence-corrected chi connectivity index (χ0v) is 12.6. The molecule has 0 heterocycles. The summed E-state index contributed by atoms with van der Waals surface area (Å²) in [4.78, 5) is 11.1. The van der Waals surface area contributed by atoms with Gasteiger partial charge in [0, 0.05) is 5.56 Å². The van der Waals surface area contributed by atoms with E-state index in [1.165, 1.54) is 0 Å². The molecule has 0 aliphatic heterocycles. The van der Waals surface area contributed by atoms with E-state index in [1.807, 2.05) is 0 Å². The van der Waals surface area contributed by atoms with Crippen molar-refractivity contribution in [3.63, 3.8) is 0 Å². The lowest BCUT2D eigenvalue weighted by Gasteiger charge is -2.11. The Bertz CT molecular complexity index is 674. The highest BCUT2D eigenvalue weighted by atomic mass is 32.2. The van der Waals surface area contributed by atoms with Crippen LogP contribution >= 0.6 is 0 Å². The largest absolute Gasteiger partial charge is 0.449 e. The Labute approximate surface area is 124 Å². The maximum Gasteiger partial charge on any atom is 0.422 e. The Balaban J connectivity index is 2.85. The maximum atomic E-state index is 11.7. The summed E-state index contributed by atoms with van der Waals surface area (Å²) in [7, 11) is -4.04. The van der Waals surface area contributed by atoms with Crippen LogP contribution in [0.2, 0.25) is 0 Å². The van der Waals surface area contributed by atoms with Crippen LogP contribution in [0, 0.1) is 18.8 Å². The van der Waals surface area contributed by atoms with Gasteiger partial charge in [-0.25, -0.2) is 9.52 Å². The standard InChI is InChI=1S/C13H17N3O4S/c1-3-20-13(17)16-21(18,19)15-12-7-6-11(5-4-8-14)9-10(12)2/h6-7,9,15H,3,8,14H2,1-2H3,(H,16,17). The van der Waals surface area contributed by atoms with Crippen molar-refractivity contribution in [3.05, 3.63) is 29.3 Å². The SMILES string of the molecule is CCOC(=O)NS(=O)(=O)Nc1ccc(C#CCN)cc1C. The molecule has 1 amide bonds. The van der Waals surface area contributed by atoms with E-state index in [4.69, 9.17) is 5.73 Å². The van der Waals surface area contributed by atoms with Crippen LogP contribution in [0.4, 0.5) is 10.5 Å². The zero-order valence-electron chi connectivity index (χ0n) is 11.8. The molecule has 1 rings (SSSR count). The summed E-state index contributed by atoms with van der Waals surface area (Å²) < 4.78 is 31.9. The molecule has 0 saturated heterocycles. The number of amides is 1. The third-order valence-corrected chi connectivity index (χ3v) is 3.22. The van der Waals surface area contributed by atoms with Crippen molar-refractivity contribution in [2.75, 3.05) is 17.9 Å². The lowest BCUT2D eigenvalue weighted by Crippen LogP contribution is -2.35. The second-order valence-corrected chi connectivity index (χ2v) is 5.38. The number of nitrogens with two attached hydrogens (primary N) is 1. The number of carbonyl (C=O) groups is 1. The van der Waals surface area contributed by atoms with Gasteiger partial charge in [0.1, 0.15) is 0 Å². The predicted octanol–water partition coefficient (Wildman–Crippen LogP) is 0.708. The maximum absolute atomic E-state index is 11.7. The summed E-state index contributed by atoms with van der Waals surface area (Å²) in [5, 5.41) is 0. The van der Waals surface area contributed by atoms with Crippen molar-refractivity contribution in [3.8, 4) is 11.8 Å². The zero-order chi connectivity index (χ0) is 15.9. The fourth-order valence-corrected chi connectivity index (χ4v) is 2.30. The normalized spacial score (nSPS) is 10.2. The van der Waals surface area contributed by atoms with E-state index in [0.717, 1.165) is 5.56 Å². The van der Waals surface area contributed by atoms with E-state index in [0.29, 0.717) is 11.3 Å². The molecule has 0 unspecified atom stereocenters. The highest BCUT2D eigenvalue weighted by Gasteiger charge is 2.15. The first-order chi connectivity index (χ1) is 9.88. The Hall–Kier alpha value is -2.24. The number of benzene rings is 1. The van der Waals surface area contributed by atoms with Crippen molar-refractivity contribution in [1.82, 2.24) is 4.72 Å². The molecule has 1 aromatic rings. The van der Waals surface area contributed by atoms with Crippen LogP contribution in [-0.4, -0.2) is 27.7 Å². The van der Waals surface area contributed by atoms with Crippen LogP contribution in [0.1, 0.15) is 18.1 Å². The first-order valence-electron chi connectivity index (χ1n) is 6.15. The summed E-state index contributed by atoms with van der Waals surface area (Å²) in [6, 6.07) is 4.92. The van der Waals surface area contributed by atoms with Crippen LogP contribution in [0.5, 0.6) is 0 Å². The number of hydrogen-bond donors (Lipinski definition) is 3. The number of nitrogens with one attached hydrogen (secondary N) is 2. The number of ether oxygens (including phenoxy) is 1. The third-order valence-electron chi connectivity index (χ3n) is 2.30. The van der Waals surface area contributed by atoms with E-state index < -0.39 is 16.3 Å². The number of rotatable bonds is 4.